The number of hydrogen-bond acceptors (Lipinski definition) is 7. The Balaban J connectivity index is 1.66. The molecular weight excluding hydrogens is 398 g/mol. The normalized spacial score (nSPS) is 20.5. The van der Waals surface area contributed by atoms with Gasteiger partial charge in [0, 0.05) is 13.1 Å². The zero-order chi connectivity index (χ0) is 22.2. The summed E-state index contributed by atoms with van der Waals surface area (Å²) in [6, 6.07) is -0.191. The van der Waals surface area contributed by atoms with Gasteiger partial charge in [-0.1, -0.05) is 39.5 Å². The van der Waals surface area contributed by atoms with Crippen molar-refractivity contribution in [3.63, 3.8) is 0 Å². The molecule has 0 unspecified atom stereocenters. The highest BCUT2D eigenvalue weighted by atomic mass is 16.5. The Morgan fingerprint density at radius 2 is 1.97 bits per heavy atom. The standard InChI is InChI=1S/C21H37N7O3/c1-3-25(4-2)12-13-28-23-20(22-24-28)19-10-7-11-27(19)21(30)18(15-26(31)16-29)14-17-8-5-6-9-17/h16-19,31H,3-15H2,1-2H3/t18-,19+/m1/s1. The number of nitrogens with zero attached hydrogens (tertiary/aromatic N) is 7. The van der Waals surface area contributed by atoms with Crippen LogP contribution >= 0.6 is 0 Å². The quantitative estimate of drug-likeness (QED) is 0.303. The predicted molar refractivity (Wildman–Crippen MR) is 114 cm³/mol. The predicted octanol–water partition coefficient (Wildman–Crippen LogP) is 1.72. The number of likely N-dealkylation sites (N-methyl/N-ethyl adjacent to an activating group) is 1. The van der Waals surface area contributed by atoms with Crippen molar-refractivity contribution >= 4 is 12.3 Å². The molecule has 0 bridgehead atoms. The topological polar surface area (TPSA) is 108 Å². The third kappa shape index (κ3) is 6.22. The maximum Gasteiger partial charge on any atom is 0.233 e. The number of aromatic nitrogens is 4. The van der Waals surface area contributed by atoms with Crippen LogP contribution in [0.1, 0.15) is 70.7 Å². The summed E-state index contributed by atoms with van der Waals surface area (Å²) in [7, 11) is 0. The SMILES string of the molecule is CCN(CC)CCn1nnc([C@@H]2CCCN2C(=O)[C@H](CC2CCCC2)CN(O)C=O)n1. The number of carbonyl (C=O) groups is 2. The summed E-state index contributed by atoms with van der Waals surface area (Å²) >= 11 is 0. The lowest BCUT2D eigenvalue weighted by Crippen LogP contribution is -2.41. The van der Waals surface area contributed by atoms with Crippen LogP contribution in [-0.4, -0.2) is 85.3 Å². The summed E-state index contributed by atoms with van der Waals surface area (Å²) in [5.41, 5.74) is 0. The van der Waals surface area contributed by atoms with Crippen LogP contribution in [0.5, 0.6) is 0 Å². The van der Waals surface area contributed by atoms with Gasteiger partial charge in [0.15, 0.2) is 5.82 Å². The summed E-state index contributed by atoms with van der Waals surface area (Å²) in [6.07, 6.45) is 7.38. The zero-order valence-electron chi connectivity index (χ0n) is 18.9. The molecular formula is C21H37N7O3. The van der Waals surface area contributed by atoms with E-state index in [0.717, 1.165) is 45.3 Å². The summed E-state index contributed by atoms with van der Waals surface area (Å²) in [5, 5.41) is 23.4. The third-order valence-electron chi connectivity index (χ3n) is 6.78. The van der Waals surface area contributed by atoms with Gasteiger partial charge in [0.2, 0.25) is 12.3 Å². The van der Waals surface area contributed by atoms with Gasteiger partial charge in [0.05, 0.1) is 25.0 Å². The Morgan fingerprint density at radius 1 is 1.23 bits per heavy atom. The van der Waals surface area contributed by atoms with Crippen molar-refractivity contribution in [2.45, 2.75) is 71.4 Å². The van der Waals surface area contributed by atoms with E-state index in [4.69, 9.17) is 0 Å². The number of tetrazole rings is 1. The monoisotopic (exact) mass is 435 g/mol. The van der Waals surface area contributed by atoms with E-state index in [9.17, 15) is 14.8 Å². The average molecular weight is 436 g/mol. The highest BCUT2D eigenvalue weighted by molar-refractivity contribution is 5.80. The molecule has 0 spiro atoms. The molecule has 1 saturated heterocycles. The van der Waals surface area contributed by atoms with Gasteiger partial charge < -0.3 is 9.80 Å². The van der Waals surface area contributed by atoms with Crippen molar-refractivity contribution in [1.82, 2.24) is 35.1 Å². The second kappa shape index (κ2) is 11.5. The van der Waals surface area contributed by atoms with Crippen LogP contribution in [-0.2, 0) is 16.1 Å². The number of hydrogen-bond donors (Lipinski definition) is 1. The van der Waals surface area contributed by atoms with Crippen molar-refractivity contribution in [3.05, 3.63) is 5.82 Å². The molecule has 0 aromatic carbocycles. The lowest BCUT2D eigenvalue weighted by molar-refractivity contribution is -0.157. The van der Waals surface area contributed by atoms with E-state index in [1.165, 1.54) is 12.8 Å². The first-order valence-corrected chi connectivity index (χ1v) is 11.8. The minimum Gasteiger partial charge on any atom is -0.332 e. The number of amides is 2. The van der Waals surface area contributed by atoms with E-state index < -0.39 is 5.92 Å². The highest BCUT2D eigenvalue weighted by Crippen LogP contribution is 2.35. The van der Waals surface area contributed by atoms with Gasteiger partial charge in [-0.3, -0.25) is 14.8 Å². The fraction of sp³-hybridized carbons (Fsp3) is 0.857. The molecule has 2 aliphatic rings. The molecule has 2 amide bonds. The highest BCUT2D eigenvalue weighted by Gasteiger charge is 2.38. The summed E-state index contributed by atoms with van der Waals surface area (Å²) in [4.78, 5) is 30.2. The minimum absolute atomic E-state index is 0.0187. The van der Waals surface area contributed by atoms with Crippen LogP contribution in [0.2, 0.25) is 0 Å². The van der Waals surface area contributed by atoms with Gasteiger partial charge in [0.25, 0.3) is 0 Å². The Kier molecular flexibility index (Phi) is 8.77. The van der Waals surface area contributed by atoms with Crippen LogP contribution in [0.4, 0.5) is 0 Å². The van der Waals surface area contributed by atoms with Crippen LogP contribution in [0, 0.1) is 11.8 Å². The summed E-state index contributed by atoms with van der Waals surface area (Å²) < 4.78 is 0. The van der Waals surface area contributed by atoms with E-state index in [-0.39, 0.29) is 18.5 Å². The minimum atomic E-state index is -0.406. The molecule has 1 aliphatic carbocycles. The molecule has 10 nitrogen and oxygen atoms in total. The molecule has 31 heavy (non-hydrogen) atoms. The Bertz CT molecular complexity index is 703. The lowest BCUT2D eigenvalue weighted by atomic mass is 9.91. The molecule has 174 valence electrons. The summed E-state index contributed by atoms with van der Waals surface area (Å²) in [5.74, 6) is 0.641. The van der Waals surface area contributed by atoms with Crippen LogP contribution < -0.4 is 0 Å². The van der Waals surface area contributed by atoms with Gasteiger partial charge in [0.1, 0.15) is 0 Å². The van der Waals surface area contributed by atoms with Crippen LogP contribution in [0.3, 0.4) is 0 Å². The molecule has 2 atom stereocenters. The van der Waals surface area contributed by atoms with Gasteiger partial charge in [-0.25, -0.2) is 5.06 Å². The average Bonchev–Trinajstić information content (AvgIpc) is 3.54. The molecule has 2 fully saturated rings. The molecule has 2 heterocycles. The smallest absolute Gasteiger partial charge is 0.233 e. The molecule has 1 saturated carbocycles. The van der Waals surface area contributed by atoms with Crippen LogP contribution in [0.15, 0.2) is 0 Å². The third-order valence-corrected chi connectivity index (χ3v) is 6.78. The van der Waals surface area contributed by atoms with E-state index in [0.29, 0.717) is 42.7 Å². The van der Waals surface area contributed by atoms with Crippen LogP contribution in [0.25, 0.3) is 0 Å². The van der Waals surface area contributed by atoms with Crippen molar-refractivity contribution in [2.75, 3.05) is 32.7 Å². The van der Waals surface area contributed by atoms with Gasteiger partial charge >= 0.3 is 0 Å². The second-order valence-electron chi connectivity index (χ2n) is 8.77. The molecule has 1 aliphatic heterocycles. The first-order valence-electron chi connectivity index (χ1n) is 11.8. The number of rotatable bonds is 12. The first-order chi connectivity index (χ1) is 15.0. The number of carbonyl (C=O) groups excluding carboxylic acids is 2. The molecule has 10 heteroatoms. The summed E-state index contributed by atoms with van der Waals surface area (Å²) in [6.45, 7) is 8.42. The maximum absolute atomic E-state index is 13.5. The molecule has 3 rings (SSSR count). The van der Waals surface area contributed by atoms with Crippen molar-refractivity contribution in [3.8, 4) is 0 Å². The van der Waals surface area contributed by atoms with E-state index in [2.05, 4.69) is 34.2 Å². The molecule has 1 aromatic heterocycles. The fourth-order valence-corrected chi connectivity index (χ4v) is 4.96. The van der Waals surface area contributed by atoms with E-state index in [1.54, 1.807) is 4.80 Å². The van der Waals surface area contributed by atoms with Gasteiger partial charge in [-0.05, 0) is 43.5 Å². The lowest BCUT2D eigenvalue weighted by Gasteiger charge is -2.29. The Hall–Kier alpha value is -2.07. The van der Waals surface area contributed by atoms with E-state index in [1.807, 2.05) is 4.90 Å². The first kappa shape index (κ1) is 23.6. The van der Waals surface area contributed by atoms with Gasteiger partial charge in [-0.2, -0.15) is 4.80 Å². The van der Waals surface area contributed by atoms with Gasteiger partial charge in [-0.15, -0.1) is 10.2 Å². The Morgan fingerprint density at radius 3 is 2.65 bits per heavy atom. The zero-order valence-corrected chi connectivity index (χ0v) is 18.9. The fourth-order valence-electron chi connectivity index (χ4n) is 4.96. The largest absolute Gasteiger partial charge is 0.332 e. The number of hydroxylamine groups is 2. The second-order valence-corrected chi connectivity index (χ2v) is 8.77. The van der Waals surface area contributed by atoms with Crippen molar-refractivity contribution < 1.29 is 14.8 Å². The molecule has 1 aromatic rings. The molecule has 0 radical (unpaired) electrons. The van der Waals surface area contributed by atoms with E-state index >= 15 is 0 Å². The molecule has 1 N–H and O–H groups in total. The number of likely N-dealkylation sites (tertiary alicyclic amines) is 1. The maximum atomic E-state index is 13.5. The van der Waals surface area contributed by atoms with Crippen molar-refractivity contribution in [1.29, 1.82) is 0 Å². The Labute approximate surface area is 184 Å². The van der Waals surface area contributed by atoms with Crippen molar-refractivity contribution in [2.24, 2.45) is 11.8 Å².